The number of benzene rings is 3. The summed E-state index contributed by atoms with van der Waals surface area (Å²) in [4.78, 5) is 52.6. The van der Waals surface area contributed by atoms with E-state index in [2.05, 4.69) is 36.3 Å². The summed E-state index contributed by atoms with van der Waals surface area (Å²) in [5.74, 6) is -0.591. The standard InChI is InChI=1S/C36H33BrN8O3/c1-4-42-19-26-16-27(10-12-30(26)41-42)45-33(34(46)39-17-25-7-5-6-8-28(25)31-13-14-38-21-40-31)32-20-43(23(3)18-44(32)36(45)48)35(47)24-9-11-29(37)22(2)15-24/h5-16,19,21,23H,4,17-18,20H2,1-3H3,(H,39,46). The number of hydrogen-bond acceptors (Lipinski definition) is 6. The van der Waals surface area contributed by atoms with Crippen molar-refractivity contribution in [3.8, 4) is 16.9 Å². The Morgan fingerprint density at radius 2 is 1.90 bits per heavy atom. The molecule has 242 valence electrons. The fourth-order valence-corrected chi connectivity index (χ4v) is 6.55. The minimum absolute atomic E-state index is 0.0909. The number of imidazole rings is 1. The summed E-state index contributed by atoms with van der Waals surface area (Å²) in [6.45, 7) is 7.10. The van der Waals surface area contributed by atoms with Crippen LogP contribution < -0.4 is 11.0 Å². The Bertz CT molecular complexity index is 2260. The van der Waals surface area contributed by atoms with Crippen molar-refractivity contribution in [1.82, 2.24) is 39.1 Å². The predicted molar refractivity (Wildman–Crippen MR) is 186 cm³/mol. The van der Waals surface area contributed by atoms with Crippen molar-refractivity contribution < 1.29 is 9.59 Å². The lowest BCUT2D eigenvalue weighted by molar-refractivity contribution is 0.0610. The zero-order valence-electron chi connectivity index (χ0n) is 26.7. The topological polar surface area (TPSA) is 120 Å². The molecule has 4 heterocycles. The fraction of sp³-hybridized carbons (Fsp3) is 0.222. The number of hydrogen-bond donors (Lipinski definition) is 1. The van der Waals surface area contributed by atoms with Crippen molar-refractivity contribution in [3.05, 3.63) is 128 Å². The van der Waals surface area contributed by atoms with Gasteiger partial charge in [0.1, 0.15) is 12.0 Å². The summed E-state index contributed by atoms with van der Waals surface area (Å²) in [6, 6.07) is 20.3. The van der Waals surface area contributed by atoms with Gasteiger partial charge in [-0.2, -0.15) is 5.10 Å². The van der Waals surface area contributed by atoms with Crippen LogP contribution in [0, 0.1) is 6.92 Å². The van der Waals surface area contributed by atoms with Crippen LogP contribution in [0.25, 0.3) is 27.8 Å². The molecule has 7 rings (SSSR count). The van der Waals surface area contributed by atoms with Crippen LogP contribution in [0.2, 0.25) is 0 Å². The number of halogens is 1. The summed E-state index contributed by atoms with van der Waals surface area (Å²) >= 11 is 3.51. The van der Waals surface area contributed by atoms with Gasteiger partial charge in [-0.1, -0.05) is 40.2 Å². The third-order valence-electron chi connectivity index (χ3n) is 8.86. The Labute approximate surface area is 285 Å². The number of nitrogens with zero attached hydrogens (tertiary/aromatic N) is 7. The van der Waals surface area contributed by atoms with Crippen LogP contribution in [0.4, 0.5) is 0 Å². The maximum absolute atomic E-state index is 14.3. The molecule has 3 aromatic carbocycles. The second-order valence-electron chi connectivity index (χ2n) is 11.9. The largest absolute Gasteiger partial charge is 0.347 e. The highest BCUT2D eigenvalue weighted by Gasteiger charge is 2.35. The van der Waals surface area contributed by atoms with Gasteiger partial charge in [0, 0.05) is 59.1 Å². The van der Waals surface area contributed by atoms with E-state index in [-0.39, 0.29) is 43.0 Å². The van der Waals surface area contributed by atoms with Gasteiger partial charge in [-0.25, -0.2) is 14.8 Å². The molecule has 0 radical (unpaired) electrons. The molecule has 0 aliphatic carbocycles. The van der Waals surface area contributed by atoms with Gasteiger partial charge in [-0.3, -0.25) is 23.4 Å². The fourth-order valence-electron chi connectivity index (χ4n) is 6.30. The molecule has 1 N–H and O–H groups in total. The molecule has 48 heavy (non-hydrogen) atoms. The van der Waals surface area contributed by atoms with E-state index < -0.39 is 5.91 Å². The Morgan fingerprint density at radius 1 is 1.06 bits per heavy atom. The van der Waals surface area contributed by atoms with E-state index in [9.17, 15) is 14.4 Å². The quantitative estimate of drug-likeness (QED) is 0.234. The number of aryl methyl sites for hydroxylation is 2. The molecular weight excluding hydrogens is 672 g/mol. The molecular formula is C36H33BrN8O3. The molecule has 2 amide bonds. The lowest BCUT2D eigenvalue weighted by atomic mass is 10.0. The van der Waals surface area contributed by atoms with Crippen molar-refractivity contribution in [1.29, 1.82) is 0 Å². The van der Waals surface area contributed by atoms with Crippen LogP contribution in [-0.2, 0) is 26.2 Å². The third-order valence-corrected chi connectivity index (χ3v) is 9.75. The highest BCUT2D eigenvalue weighted by molar-refractivity contribution is 9.10. The minimum Gasteiger partial charge on any atom is -0.347 e. The first-order valence-electron chi connectivity index (χ1n) is 15.7. The highest BCUT2D eigenvalue weighted by Crippen LogP contribution is 2.27. The van der Waals surface area contributed by atoms with E-state index in [1.54, 1.807) is 27.8 Å². The third kappa shape index (κ3) is 5.62. The van der Waals surface area contributed by atoms with Gasteiger partial charge in [0.05, 0.1) is 29.1 Å². The van der Waals surface area contributed by atoms with Crippen molar-refractivity contribution in [2.24, 2.45) is 0 Å². The average Bonchev–Trinajstić information content (AvgIpc) is 3.65. The Morgan fingerprint density at radius 3 is 2.67 bits per heavy atom. The summed E-state index contributed by atoms with van der Waals surface area (Å²) in [6.07, 6.45) is 5.09. The molecule has 0 fully saturated rings. The molecule has 1 atom stereocenters. The van der Waals surface area contributed by atoms with Gasteiger partial charge in [-0.15, -0.1) is 0 Å². The van der Waals surface area contributed by atoms with Gasteiger partial charge in [0.25, 0.3) is 11.8 Å². The van der Waals surface area contributed by atoms with Crippen LogP contribution in [0.15, 0.2) is 94.7 Å². The number of amides is 2. The van der Waals surface area contributed by atoms with E-state index in [0.29, 0.717) is 23.5 Å². The Hall–Kier alpha value is -5.36. The summed E-state index contributed by atoms with van der Waals surface area (Å²) in [7, 11) is 0. The van der Waals surface area contributed by atoms with Crippen LogP contribution in [0.5, 0.6) is 0 Å². The van der Waals surface area contributed by atoms with Gasteiger partial charge in [0.15, 0.2) is 0 Å². The maximum atomic E-state index is 14.3. The predicted octanol–water partition coefficient (Wildman–Crippen LogP) is 5.51. The van der Waals surface area contributed by atoms with Gasteiger partial charge < -0.3 is 10.2 Å². The molecule has 0 bridgehead atoms. The first-order chi connectivity index (χ1) is 23.2. The summed E-state index contributed by atoms with van der Waals surface area (Å²) < 4.78 is 5.84. The lowest BCUT2D eigenvalue weighted by Crippen LogP contribution is -2.47. The zero-order valence-corrected chi connectivity index (χ0v) is 28.3. The van der Waals surface area contributed by atoms with Gasteiger partial charge in [-0.05, 0) is 74.4 Å². The summed E-state index contributed by atoms with van der Waals surface area (Å²) in [5.41, 5.74) is 5.62. The number of nitrogens with one attached hydrogen (secondary N) is 1. The van der Waals surface area contributed by atoms with Crippen molar-refractivity contribution in [3.63, 3.8) is 0 Å². The molecule has 1 unspecified atom stereocenters. The van der Waals surface area contributed by atoms with Crippen LogP contribution >= 0.6 is 15.9 Å². The van der Waals surface area contributed by atoms with Crippen molar-refractivity contribution in [2.75, 3.05) is 0 Å². The normalized spacial score (nSPS) is 14.2. The van der Waals surface area contributed by atoms with Crippen LogP contribution in [0.1, 0.15) is 51.5 Å². The van der Waals surface area contributed by atoms with Gasteiger partial charge in [0.2, 0.25) is 0 Å². The van der Waals surface area contributed by atoms with Crippen LogP contribution in [-0.4, -0.2) is 51.6 Å². The average molecular weight is 706 g/mol. The second-order valence-corrected chi connectivity index (χ2v) is 12.8. The first-order valence-corrected chi connectivity index (χ1v) is 16.5. The molecule has 6 aromatic rings. The molecule has 3 aromatic heterocycles. The Kier molecular flexibility index (Phi) is 8.26. The Balaban J connectivity index is 1.30. The van der Waals surface area contributed by atoms with Crippen molar-refractivity contribution >= 4 is 38.6 Å². The van der Waals surface area contributed by atoms with E-state index in [1.807, 2.05) is 86.2 Å². The van der Waals surface area contributed by atoms with Crippen LogP contribution in [0.3, 0.4) is 0 Å². The van der Waals surface area contributed by atoms with E-state index in [1.165, 1.54) is 10.9 Å². The zero-order chi connectivity index (χ0) is 33.5. The lowest BCUT2D eigenvalue weighted by Gasteiger charge is -2.34. The molecule has 1 aliphatic rings. The molecule has 0 saturated carbocycles. The van der Waals surface area contributed by atoms with Gasteiger partial charge >= 0.3 is 5.69 Å². The SMILES string of the molecule is CCn1cc2cc(-n3c(C(=O)NCc4ccccc4-c4ccncn4)c4n(c3=O)CC(C)N(C(=O)c3ccc(Br)c(C)c3)C4)ccc2n1. The molecule has 0 saturated heterocycles. The molecule has 11 nitrogen and oxygen atoms in total. The second kappa shape index (κ2) is 12.7. The molecule has 12 heteroatoms. The number of rotatable bonds is 7. The minimum atomic E-state index is -0.427. The monoisotopic (exact) mass is 704 g/mol. The number of aromatic nitrogens is 6. The molecule has 0 spiro atoms. The number of carbonyl (C=O) groups is 2. The van der Waals surface area contributed by atoms with Crippen molar-refractivity contribution in [2.45, 2.75) is 53.0 Å². The van der Waals surface area contributed by atoms with E-state index in [0.717, 1.165) is 37.8 Å². The molecule has 1 aliphatic heterocycles. The number of carbonyl (C=O) groups excluding carboxylic acids is 2. The first kappa shape index (κ1) is 31.3. The summed E-state index contributed by atoms with van der Waals surface area (Å²) in [5, 5.41) is 8.50. The van der Waals surface area contributed by atoms with E-state index in [4.69, 9.17) is 0 Å². The highest BCUT2D eigenvalue weighted by atomic mass is 79.9. The van der Waals surface area contributed by atoms with E-state index >= 15 is 0 Å². The maximum Gasteiger partial charge on any atom is 0.333 e. The number of fused-ring (bicyclic) bond motifs is 2. The smallest absolute Gasteiger partial charge is 0.333 e.